The summed E-state index contributed by atoms with van der Waals surface area (Å²) in [4.78, 5) is 12.0. The summed E-state index contributed by atoms with van der Waals surface area (Å²) in [5.41, 5.74) is 0.999. The van der Waals surface area contributed by atoms with Crippen LogP contribution in [0, 0.1) is 0 Å². The minimum atomic E-state index is -3.71. The quantitative estimate of drug-likeness (QED) is 0.784. The summed E-state index contributed by atoms with van der Waals surface area (Å²) in [7, 11) is -3.71. The summed E-state index contributed by atoms with van der Waals surface area (Å²) in [5.74, 6) is -0.681. The lowest BCUT2D eigenvalue weighted by Gasteiger charge is -2.20. The Morgan fingerprint density at radius 1 is 1.14 bits per heavy atom. The molecule has 1 aromatic rings. The molecule has 0 aliphatic carbocycles. The highest BCUT2D eigenvalue weighted by atomic mass is 32.2. The van der Waals surface area contributed by atoms with E-state index in [2.05, 4.69) is 20.8 Å². The van der Waals surface area contributed by atoms with E-state index in [1.807, 2.05) is 0 Å². The number of hydrogen-bond acceptors (Lipinski definition) is 4. The minimum Gasteiger partial charge on any atom is -0.465 e. The van der Waals surface area contributed by atoms with Crippen LogP contribution in [0.4, 0.5) is 0 Å². The normalized spacial score (nSPS) is 13.8. The first kappa shape index (κ1) is 17.7. The fourth-order valence-electron chi connectivity index (χ4n) is 2.06. The zero-order valence-corrected chi connectivity index (χ0v) is 14.2. The van der Waals surface area contributed by atoms with Gasteiger partial charge < -0.3 is 4.74 Å². The zero-order valence-electron chi connectivity index (χ0n) is 13.3. The predicted octanol–water partition coefficient (Wildman–Crippen LogP) is 3.10. The van der Waals surface area contributed by atoms with Crippen LogP contribution in [0.2, 0.25) is 0 Å². The molecule has 0 saturated heterocycles. The van der Waals surface area contributed by atoms with Crippen LogP contribution in [0.3, 0.4) is 0 Å². The number of carbonyl (C=O) groups excluding carboxylic acids is 1. The summed E-state index contributed by atoms with van der Waals surface area (Å²) in [6.45, 7) is 9.68. The van der Waals surface area contributed by atoms with Crippen molar-refractivity contribution in [3.05, 3.63) is 29.8 Å². The van der Waals surface area contributed by atoms with E-state index in [0.29, 0.717) is 0 Å². The lowest BCUT2D eigenvalue weighted by Crippen LogP contribution is -2.31. The average Bonchev–Trinajstić information content (AvgIpc) is 2.38. The van der Waals surface area contributed by atoms with Gasteiger partial charge in [-0.25, -0.2) is 8.42 Å². The standard InChI is InChI=1S/C16H24O4S/c1-6-14(15(17)20-7-2)21(18,19)13-10-8-12(9-11-13)16(3,4)5/h8-11,14H,6-7H2,1-5H3. The third kappa shape index (κ3) is 4.06. The molecule has 0 aliphatic heterocycles. The summed E-state index contributed by atoms with van der Waals surface area (Å²) >= 11 is 0. The third-order valence-electron chi connectivity index (χ3n) is 3.34. The van der Waals surface area contributed by atoms with Crippen LogP contribution in [0.25, 0.3) is 0 Å². The van der Waals surface area contributed by atoms with Crippen molar-refractivity contribution in [2.45, 2.75) is 56.6 Å². The van der Waals surface area contributed by atoms with Crippen LogP contribution < -0.4 is 0 Å². The van der Waals surface area contributed by atoms with Gasteiger partial charge in [0, 0.05) is 0 Å². The van der Waals surface area contributed by atoms with Crippen molar-refractivity contribution in [1.82, 2.24) is 0 Å². The number of sulfone groups is 1. The van der Waals surface area contributed by atoms with Gasteiger partial charge in [0.15, 0.2) is 15.1 Å². The van der Waals surface area contributed by atoms with E-state index in [1.165, 1.54) is 0 Å². The van der Waals surface area contributed by atoms with Gasteiger partial charge in [-0.2, -0.15) is 0 Å². The molecule has 0 radical (unpaired) electrons. The molecule has 0 fully saturated rings. The smallest absolute Gasteiger partial charge is 0.324 e. The number of ether oxygens (including phenoxy) is 1. The molecule has 0 heterocycles. The van der Waals surface area contributed by atoms with Gasteiger partial charge >= 0.3 is 5.97 Å². The maximum atomic E-state index is 12.5. The number of carbonyl (C=O) groups is 1. The second-order valence-electron chi connectivity index (χ2n) is 5.97. The Labute approximate surface area is 127 Å². The molecule has 1 aromatic carbocycles. The fraction of sp³-hybridized carbons (Fsp3) is 0.562. The molecule has 0 aliphatic rings. The first-order valence-corrected chi connectivity index (χ1v) is 8.70. The van der Waals surface area contributed by atoms with Gasteiger partial charge in [0.05, 0.1) is 11.5 Å². The predicted molar refractivity (Wildman–Crippen MR) is 83.0 cm³/mol. The molecule has 0 N–H and O–H groups in total. The van der Waals surface area contributed by atoms with Gasteiger partial charge in [-0.1, -0.05) is 39.8 Å². The van der Waals surface area contributed by atoms with Crippen LogP contribution in [0.5, 0.6) is 0 Å². The molecule has 1 atom stereocenters. The molecule has 0 aromatic heterocycles. The van der Waals surface area contributed by atoms with E-state index in [0.717, 1.165) is 5.56 Å². The maximum absolute atomic E-state index is 12.5. The highest BCUT2D eigenvalue weighted by Gasteiger charge is 2.33. The molecule has 0 bridgehead atoms. The topological polar surface area (TPSA) is 60.4 Å². The van der Waals surface area contributed by atoms with E-state index in [4.69, 9.17) is 4.74 Å². The first-order valence-electron chi connectivity index (χ1n) is 7.15. The minimum absolute atomic E-state index is 0.0480. The Morgan fingerprint density at radius 2 is 1.67 bits per heavy atom. The summed E-state index contributed by atoms with van der Waals surface area (Å²) < 4.78 is 29.9. The monoisotopic (exact) mass is 312 g/mol. The van der Waals surface area contributed by atoms with Crippen molar-refractivity contribution in [2.75, 3.05) is 6.61 Å². The van der Waals surface area contributed by atoms with E-state index in [9.17, 15) is 13.2 Å². The van der Waals surface area contributed by atoms with Gasteiger partial charge in [0.1, 0.15) is 0 Å². The highest BCUT2D eigenvalue weighted by Crippen LogP contribution is 2.25. The van der Waals surface area contributed by atoms with Crippen molar-refractivity contribution >= 4 is 15.8 Å². The largest absolute Gasteiger partial charge is 0.465 e. The first-order chi connectivity index (χ1) is 9.64. The van der Waals surface area contributed by atoms with Gasteiger partial charge in [-0.3, -0.25) is 4.79 Å². The van der Waals surface area contributed by atoms with Crippen molar-refractivity contribution in [3.8, 4) is 0 Å². The van der Waals surface area contributed by atoms with Crippen molar-refractivity contribution < 1.29 is 17.9 Å². The van der Waals surface area contributed by atoms with Crippen LogP contribution in [0.15, 0.2) is 29.2 Å². The Bertz CT molecular complexity index is 580. The number of benzene rings is 1. The zero-order chi connectivity index (χ0) is 16.3. The summed E-state index contributed by atoms with van der Waals surface area (Å²) in [6.07, 6.45) is 0.197. The Morgan fingerprint density at radius 3 is 2.05 bits per heavy atom. The molecule has 1 rings (SSSR count). The maximum Gasteiger partial charge on any atom is 0.324 e. The highest BCUT2D eigenvalue weighted by molar-refractivity contribution is 7.92. The van der Waals surface area contributed by atoms with Crippen LogP contribution >= 0.6 is 0 Å². The summed E-state index contributed by atoms with van der Waals surface area (Å²) in [5, 5.41) is -1.14. The van der Waals surface area contributed by atoms with Gasteiger partial charge in [-0.15, -0.1) is 0 Å². The third-order valence-corrected chi connectivity index (χ3v) is 5.55. The van der Waals surface area contributed by atoms with E-state index < -0.39 is 21.1 Å². The number of esters is 1. The van der Waals surface area contributed by atoms with Crippen molar-refractivity contribution in [3.63, 3.8) is 0 Å². The van der Waals surface area contributed by atoms with Crippen molar-refractivity contribution in [2.24, 2.45) is 0 Å². The van der Waals surface area contributed by atoms with Gasteiger partial charge in [0.25, 0.3) is 0 Å². The molecule has 1 unspecified atom stereocenters. The molecule has 4 nitrogen and oxygen atoms in total. The Kier molecular flexibility index (Phi) is 5.56. The van der Waals surface area contributed by atoms with Crippen molar-refractivity contribution in [1.29, 1.82) is 0 Å². The Hall–Kier alpha value is -1.36. The average molecular weight is 312 g/mol. The molecule has 5 heteroatoms. The SMILES string of the molecule is CCOC(=O)C(CC)S(=O)(=O)c1ccc(C(C)(C)C)cc1. The fourth-order valence-corrected chi connectivity index (χ4v) is 3.66. The summed E-state index contributed by atoms with van der Waals surface area (Å²) in [6, 6.07) is 6.73. The van der Waals surface area contributed by atoms with Gasteiger partial charge in [-0.05, 0) is 36.5 Å². The molecule has 0 amide bonds. The molecular formula is C16H24O4S. The van der Waals surface area contributed by atoms with Crippen LogP contribution in [0.1, 0.15) is 46.6 Å². The van der Waals surface area contributed by atoms with Crippen LogP contribution in [-0.4, -0.2) is 26.2 Å². The molecular weight excluding hydrogens is 288 g/mol. The second-order valence-corrected chi connectivity index (χ2v) is 8.10. The molecule has 21 heavy (non-hydrogen) atoms. The number of hydrogen-bond donors (Lipinski definition) is 0. The Balaban J connectivity index is 3.15. The lowest BCUT2D eigenvalue weighted by molar-refractivity contribution is -0.142. The molecule has 0 saturated carbocycles. The van der Waals surface area contributed by atoms with Crippen LogP contribution in [-0.2, 0) is 24.8 Å². The van der Waals surface area contributed by atoms with Gasteiger partial charge in [0.2, 0.25) is 0 Å². The second kappa shape index (κ2) is 6.60. The van der Waals surface area contributed by atoms with E-state index in [-0.39, 0.29) is 23.3 Å². The molecule has 118 valence electrons. The lowest BCUT2D eigenvalue weighted by atomic mass is 9.87. The molecule has 0 spiro atoms. The van der Waals surface area contributed by atoms with E-state index >= 15 is 0 Å². The number of rotatable bonds is 5. The van der Waals surface area contributed by atoms with E-state index in [1.54, 1.807) is 38.1 Å².